The quantitative estimate of drug-likeness (QED) is 0.906. The molecular weight excluding hydrogens is 346 g/mol. The van der Waals surface area contributed by atoms with Crippen LogP contribution in [-0.4, -0.2) is 31.8 Å². The largest absolute Gasteiger partial charge is 0.334 e. The van der Waals surface area contributed by atoms with Gasteiger partial charge in [0.25, 0.3) is 5.56 Å². The van der Waals surface area contributed by atoms with Crippen LogP contribution in [0.25, 0.3) is 0 Å². The molecule has 6 nitrogen and oxygen atoms in total. The average Bonchev–Trinajstić information content (AvgIpc) is 3.24. The third kappa shape index (κ3) is 2.59. The van der Waals surface area contributed by atoms with Gasteiger partial charge in [0.15, 0.2) is 5.82 Å². The fourth-order valence-electron chi connectivity index (χ4n) is 3.00. The molecule has 1 N–H and O–H groups in total. The van der Waals surface area contributed by atoms with E-state index in [0.717, 1.165) is 36.0 Å². The second kappa shape index (κ2) is 5.24. The molecule has 2 aromatic heterocycles. The van der Waals surface area contributed by atoms with Gasteiger partial charge in [-0.25, -0.2) is 0 Å². The number of hydrogen-bond donors (Lipinski definition) is 1. The molecule has 2 aliphatic rings. The highest BCUT2D eigenvalue weighted by Crippen LogP contribution is 2.30. The van der Waals surface area contributed by atoms with E-state index < -0.39 is 0 Å². The topological polar surface area (TPSA) is 55.1 Å². The van der Waals surface area contributed by atoms with Crippen molar-refractivity contribution in [2.45, 2.75) is 32.0 Å². The highest BCUT2D eigenvalue weighted by Gasteiger charge is 2.31. The maximum atomic E-state index is 12.2. The Hall–Kier alpha value is -1.60. The summed E-state index contributed by atoms with van der Waals surface area (Å²) in [5.74, 6) is 0.739. The number of aryl methyl sites for hydroxylation is 1. The molecule has 22 heavy (non-hydrogen) atoms. The molecule has 4 rings (SSSR count). The van der Waals surface area contributed by atoms with Gasteiger partial charge in [0.2, 0.25) is 0 Å². The molecule has 0 atom stereocenters. The Kier molecular flexibility index (Phi) is 3.34. The molecule has 7 heteroatoms. The van der Waals surface area contributed by atoms with Crippen molar-refractivity contribution in [1.82, 2.24) is 19.2 Å². The Balaban J connectivity index is 1.59. The zero-order valence-electron chi connectivity index (χ0n) is 12.4. The normalized spacial score (nSPS) is 18.3. The second-order valence-corrected chi connectivity index (χ2v) is 6.97. The van der Waals surface area contributed by atoms with Crippen LogP contribution in [0.3, 0.4) is 0 Å². The number of hydrogen-bond acceptors (Lipinski definition) is 4. The summed E-state index contributed by atoms with van der Waals surface area (Å²) in [6, 6.07) is 4.61. The first-order valence-electron chi connectivity index (χ1n) is 7.54. The molecule has 0 saturated heterocycles. The van der Waals surface area contributed by atoms with Gasteiger partial charge in [0.05, 0.1) is 12.2 Å². The van der Waals surface area contributed by atoms with E-state index in [1.165, 1.54) is 18.5 Å². The molecule has 0 spiro atoms. The number of fused-ring (bicyclic) bond motifs is 1. The van der Waals surface area contributed by atoms with E-state index in [0.29, 0.717) is 5.69 Å². The summed E-state index contributed by atoms with van der Waals surface area (Å²) in [6.45, 7) is 2.94. The minimum absolute atomic E-state index is 0.0613. The van der Waals surface area contributed by atoms with E-state index in [4.69, 9.17) is 0 Å². The maximum Gasteiger partial charge on any atom is 0.274 e. The minimum Gasteiger partial charge on any atom is -0.334 e. The number of nitrogens with zero attached hydrogens (tertiary/aromatic N) is 4. The molecule has 0 bridgehead atoms. The van der Waals surface area contributed by atoms with Gasteiger partial charge in [-0.15, -0.1) is 0 Å². The number of halogens is 1. The van der Waals surface area contributed by atoms with E-state index in [1.807, 2.05) is 4.68 Å². The van der Waals surface area contributed by atoms with Crippen LogP contribution in [-0.2, 0) is 20.1 Å². The SMILES string of the molecule is Cn1cc(Br)cc(Nc2cc3n(n2)CCN(C2CC2)C3)c1=O. The second-order valence-electron chi connectivity index (χ2n) is 6.06. The van der Waals surface area contributed by atoms with Crippen LogP contribution < -0.4 is 10.9 Å². The smallest absolute Gasteiger partial charge is 0.274 e. The Morgan fingerprint density at radius 1 is 1.32 bits per heavy atom. The number of nitrogens with one attached hydrogen (secondary N) is 1. The predicted molar refractivity (Wildman–Crippen MR) is 88.3 cm³/mol. The van der Waals surface area contributed by atoms with E-state index in [2.05, 4.69) is 37.3 Å². The molecule has 1 aliphatic heterocycles. The third-order valence-electron chi connectivity index (χ3n) is 4.30. The van der Waals surface area contributed by atoms with Gasteiger partial charge in [-0.1, -0.05) is 0 Å². The lowest BCUT2D eigenvalue weighted by molar-refractivity contribution is 0.204. The summed E-state index contributed by atoms with van der Waals surface area (Å²) in [6.07, 6.45) is 4.40. The van der Waals surface area contributed by atoms with Gasteiger partial charge in [0, 0.05) is 42.9 Å². The van der Waals surface area contributed by atoms with Crippen molar-refractivity contribution in [1.29, 1.82) is 0 Å². The van der Waals surface area contributed by atoms with Crippen LogP contribution in [0.5, 0.6) is 0 Å². The summed E-state index contributed by atoms with van der Waals surface area (Å²) < 4.78 is 4.46. The minimum atomic E-state index is -0.0613. The molecule has 0 amide bonds. The number of anilines is 2. The molecule has 1 saturated carbocycles. The van der Waals surface area contributed by atoms with Gasteiger partial charge in [-0.2, -0.15) is 5.10 Å². The summed E-state index contributed by atoms with van der Waals surface area (Å²) in [5.41, 5.74) is 1.69. The van der Waals surface area contributed by atoms with Gasteiger partial charge >= 0.3 is 0 Å². The predicted octanol–water partition coefficient (Wildman–Crippen LogP) is 2.07. The van der Waals surface area contributed by atoms with Crippen LogP contribution in [0.1, 0.15) is 18.5 Å². The van der Waals surface area contributed by atoms with Crippen molar-refractivity contribution in [3.8, 4) is 0 Å². The molecule has 3 heterocycles. The molecule has 0 radical (unpaired) electrons. The first-order valence-corrected chi connectivity index (χ1v) is 8.33. The van der Waals surface area contributed by atoms with Crippen molar-refractivity contribution >= 4 is 27.4 Å². The van der Waals surface area contributed by atoms with Crippen molar-refractivity contribution in [3.63, 3.8) is 0 Å². The number of pyridine rings is 1. The molecule has 0 aromatic carbocycles. The Morgan fingerprint density at radius 3 is 2.91 bits per heavy atom. The van der Waals surface area contributed by atoms with Crippen LogP contribution in [0.2, 0.25) is 0 Å². The van der Waals surface area contributed by atoms with Crippen molar-refractivity contribution in [2.24, 2.45) is 7.05 Å². The summed E-state index contributed by atoms with van der Waals surface area (Å²) in [4.78, 5) is 14.7. The molecular formula is C15H18BrN5O. The molecule has 0 unspecified atom stereocenters. The Morgan fingerprint density at radius 2 is 2.14 bits per heavy atom. The fourth-order valence-corrected chi connectivity index (χ4v) is 3.53. The lowest BCUT2D eigenvalue weighted by atomic mass is 10.3. The van der Waals surface area contributed by atoms with Crippen LogP contribution >= 0.6 is 15.9 Å². The van der Waals surface area contributed by atoms with Gasteiger partial charge < -0.3 is 9.88 Å². The average molecular weight is 364 g/mol. The standard InChI is InChI=1S/C15H18BrN5O/c1-19-8-10(16)6-13(15(19)22)17-14-7-12-9-20(11-2-3-11)4-5-21(12)18-14/h6-8,11H,2-5,9H2,1H3,(H,17,18). The summed E-state index contributed by atoms with van der Waals surface area (Å²) in [7, 11) is 1.74. The van der Waals surface area contributed by atoms with E-state index >= 15 is 0 Å². The first-order chi connectivity index (χ1) is 10.6. The van der Waals surface area contributed by atoms with E-state index in [-0.39, 0.29) is 5.56 Å². The lowest BCUT2D eigenvalue weighted by Crippen LogP contribution is -2.35. The summed E-state index contributed by atoms with van der Waals surface area (Å²) in [5, 5.41) is 7.73. The lowest BCUT2D eigenvalue weighted by Gasteiger charge is -2.27. The van der Waals surface area contributed by atoms with Gasteiger partial charge in [0.1, 0.15) is 5.69 Å². The molecule has 2 aromatic rings. The zero-order valence-corrected chi connectivity index (χ0v) is 14.0. The fraction of sp³-hybridized carbons (Fsp3) is 0.467. The van der Waals surface area contributed by atoms with E-state index in [9.17, 15) is 4.79 Å². The first kappa shape index (κ1) is 14.0. The zero-order chi connectivity index (χ0) is 15.3. The van der Waals surface area contributed by atoms with Crippen LogP contribution in [0, 0.1) is 0 Å². The van der Waals surface area contributed by atoms with Crippen LogP contribution in [0.15, 0.2) is 27.6 Å². The Labute approximate surface area is 136 Å². The number of aromatic nitrogens is 3. The van der Waals surface area contributed by atoms with Crippen molar-refractivity contribution in [2.75, 3.05) is 11.9 Å². The van der Waals surface area contributed by atoms with E-state index in [1.54, 1.807) is 23.9 Å². The summed E-state index contributed by atoms with van der Waals surface area (Å²) >= 11 is 3.42. The number of rotatable bonds is 3. The molecule has 1 aliphatic carbocycles. The third-order valence-corrected chi connectivity index (χ3v) is 4.74. The van der Waals surface area contributed by atoms with Crippen molar-refractivity contribution in [3.05, 3.63) is 38.9 Å². The Bertz CT molecular complexity index is 777. The molecule has 1 fully saturated rings. The molecule has 116 valence electrons. The van der Waals surface area contributed by atoms with Crippen LogP contribution in [0.4, 0.5) is 11.5 Å². The van der Waals surface area contributed by atoms with Crippen molar-refractivity contribution < 1.29 is 0 Å². The highest BCUT2D eigenvalue weighted by molar-refractivity contribution is 9.10. The highest BCUT2D eigenvalue weighted by atomic mass is 79.9. The monoisotopic (exact) mass is 363 g/mol. The van der Waals surface area contributed by atoms with Gasteiger partial charge in [-0.3, -0.25) is 14.4 Å². The van der Waals surface area contributed by atoms with Gasteiger partial charge in [-0.05, 0) is 34.8 Å². The maximum absolute atomic E-state index is 12.2.